The summed E-state index contributed by atoms with van der Waals surface area (Å²) >= 11 is 5.85. The summed E-state index contributed by atoms with van der Waals surface area (Å²) < 4.78 is 0. The van der Waals surface area contributed by atoms with Gasteiger partial charge in [0.15, 0.2) is 0 Å². The zero-order valence-electron chi connectivity index (χ0n) is 11.0. The van der Waals surface area contributed by atoms with Gasteiger partial charge in [0.25, 0.3) is 0 Å². The van der Waals surface area contributed by atoms with Gasteiger partial charge in [-0.15, -0.1) is 0 Å². The summed E-state index contributed by atoms with van der Waals surface area (Å²) in [4.78, 5) is 15.8. The molecular weight excluding hydrogens is 274 g/mol. The van der Waals surface area contributed by atoms with Gasteiger partial charge in [0.1, 0.15) is 0 Å². The van der Waals surface area contributed by atoms with Crippen molar-refractivity contribution in [1.82, 2.24) is 10.3 Å². The van der Waals surface area contributed by atoms with Crippen LogP contribution in [-0.2, 0) is 11.3 Å². The number of aromatic nitrogens is 1. The van der Waals surface area contributed by atoms with Crippen LogP contribution in [0.25, 0.3) is 0 Å². The molecule has 2 aromatic rings. The van der Waals surface area contributed by atoms with Crippen LogP contribution in [-0.4, -0.2) is 17.4 Å². The van der Waals surface area contributed by atoms with Crippen molar-refractivity contribution in [3.8, 4) is 0 Å². The molecule has 0 aliphatic heterocycles. The molecule has 5 heteroatoms. The Balaban J connectivity index is 1.68. The third-order valence-electron chi connectivity index (χ3n) is 2.69. The molecule has 4 nitrogen and oxygen atoms in total. The van der Waals surface area contributed by atoms with Crippen molar-refractivity contribution in [2.24, 2.45) is 0 Å². The Morgan fingerprint density at radius 3 is 2.90 bits per heavy atom. The highest BCUT2D eigenvalue weighted by atomic mass is 35.5. The molecule has 0 spiro atoms. The Hall–Kier alpha value is -1.91. The minimum atomic E-state index is -0.0362. The molecule has 1 heterocycles. The molecule has 0 fully saturated rings. The van der Waals surface area contributed by atoms with Crippen molar-refractivity contribution in [3.63, 3.8) is 0 Å². The van der Waals surface area contributed by atoms with Crippen LogP contribution in [0, 0.1) is 0 Å². The highest BCUT2D eigenvalue weighted by Gasteiger charge is 2.02. The van der Waals surface area contributed by atoms with Gasteiger partial charge in [-0.05, 0) is 29.8 Å². The Morgan fingerprint density at radius 2 is 2.15 bits per heavy atom. The number of hydrogen-bond acceptors (Lipinski definition) is 3. The number of halogens is 1. The first kappa shape index (κ1) is 14.5. The van der Waals surface area contributed by atoms with E-state index in [4.69, 9.17) is 11.6 Å². The summed E-state index contributed by atoms with van der Waals surface area (Å²) in [5.74, 6) is -0.0362. The maximum Gasteiger partial charge on any atom is 0.225 e. The summed E-state index contributed by atoms with van der Waals surface area (Å²) in [7, 11) is 0. The molecule has 0 unspecified atom stereocenters. The van der Waals surface area contributed by atoms with Gasteiger partial charge in [-0.2, -0.15) is 0 Å². The van der Waals surface area contributed by atoms with E-state index in [1.54, 1.807) is 30.6 Å². The number of nitrogens with one attached hydrogen (secondary N) is 2. The highest BCUT2D eigenvalue weighted by molar-refractivity contribution is 6.30. The Labute approximate surface area is 123 Å². The van der Waals surface area contributed by atoms with Crippen LogP contribution in [0.5, 0.6) is 0 Å². The van der Waals surface area contributed by atoms with E-state index in [2.05, 4.69) is 15.6 Å². The zero-order chi connectivity index (χ0) is 14.2. The second-order valence-corrected chi connectivity index (χ2v) is 4.78. The molecule has 1 aromatic carbocycles. The standard InChI is InChI=1S/C15H16ClN3O/c16-13-4-1-5-14(9-13)19-15(20)6-8-18-11-12-3-2-7-17-10-12/h1-5,7,9-10,18H,6,8,11H2,(H,19,20). The molecule has 1 amide bonds. The number of amides is 1. The summed E-state index contributed by atoms with van der Waals surface area (Å²) in [6.45, 7) is 1.32. The fourth-order valence-electron chi connectivity index (χ4n) is 1.73. The number of rotatable bonds is 6. The van der Waals surface area contributed by atoms with Gasteiger partial charge in [0.05, 0.1) is 0 Å². The van der Waals surface area contributed by atoms with Crippen LogP contribution >= 0.6 is 11.6 Å². The van der Waals surface area contributed by atoms with E-state index in [1.165, 1.54) is 0 Å². The lowest BCUT2D eigenvalue weighted by Gasteiger charge is -2.06. The van der Waals surface area contributed by atoms with Gasteiger partial charge in [-0.1, -0.05) is 23.7 Å². The Bertz CT molecular complexity index is 560. The van der Waals surface area contributed by atoms with E-state index in [0.717, 1.165) is 11.3 Å². The van der Waals surface area contributed by atoms with Crippen molar-refractivity contribution in [1.29, 1.82) is 0 Å². The fourth-order valence-corrected chi connectivity index (χ4v) is 1.92. The topological polar surface area (TPSA) is 54.0 Å². The fraction of sp³-hybridized carbons (Fsp3) is 0.200. The molecule has 0 saturated carbocycles. The van der Waals surface area contributed by atoms with Crippen molar-refractivity contribution in [2.75, 3.05) is 11.9 Å². The van der Waals surface area contributed by atoms with E-state index in [1.807, 2.05) is 18.2 Å². The molecule has 0 saturated heterocycles. The highest BCUT2D eigenvalue weighted by Crippen LogP contribution is 2.14. The van der Waals surface area contributed by atoms with Crippen LogP contribution in [0.3, 0.4) is 0 Å². The predicted octanol–water partition coefficient (Wildman–Crippen LogP) is 2.85. The average molecular weight is 290 g/mol. The third-order valence-corrected chi connectivity index (χ3v) is 2.92. The van der Waals surface area contributed by atoms with Crippen molar-refractivity contribution < 1.29 is 4.79 Å². The lowest BCUT2D eigenvalue weighted by Crippen LogP contribution is -2.21. The minimum Gasteiger partial charge on any atom is -0.326 e. The van der Waals surface area contributed by atoms with Crippen molar-refractivity contribution in [3.05, 3.63) is 59.4 Å². The normalized spacial score (nSPS) is 10.2. The SMILES string of the molecule is O=C(CCNCc1cccnc1)Nc1cccc(Cl)c1. The van der Waals surface area contributed by atoms with E-state index < -0.39 is 0 Å². The number of anilines is 1. The predicted molar refractivity (Wildman–Crippen MR) is 80.6 cm³/mol. The van der Waals surface area contributed by atoms with E-state index in [9.17, 15) is 4.79 Å². The van der Waals surface area contributed by atoms with E-state index >= 15 is 0 Å². The van der Waals surface area contributed by atoms with Gasteiger partial charge in [-0.3, -0.25) is 9.78 Å². The Kier molecular flexibility index (Phi) is 5.53. The lowest BCUT2D eigenvalue weighted by molar-refractivity contribution is -0.116. The molecule has 0 atom stereocenters. The second kappa shape index (κ2) is 7.62. The first-order valence-electron chi connectivity index (χ1n) is 6.39. The molecule has 0 aliphatic carbocycles. The maximum atomic E-state index is 11.7. The quantitative estimate of drug-likeness (QED) is 0.804. The van der Waals surface area contributed by atoms with Gasteiger partial charge in [-0.25, -0.2) is 0 Å². The minimum absolute atomic E-state index is 0.0362. The third kappa shape index (κ3) is 4.99. The molecule has 104 valence electrons. The lowest BCUT2D eigenvalue weighted by atomic mass is 10.3. The first-order valence-corrected chi connectivity index (χ1v) is 6.77. The van der Waals surface area contributed by atoms with Crippen LogP contribution in [0.2, 0.25) is 5.02 Å². The molecule has 0 radical (unpaired) electrons. The van der Waals surface area contributed by atoms with Crippen LogP contribution in [0.1, 0.15) is 12.0 Å². The summed E-state index contributed by atoms with van der Waals surface area (Å²) in [6.07, 6.45) is 3.95. The molecule has 0 aliphatic rings. The summed E-state index contributed by atoms with van der Waals surface area (Å²) in [5, 5.41) is 6.62. The molecular formula is C15H16ClN3O. The zero-order valence-corrected chi connectivity index (χ0v) is 11.7. The monoisotopic (exact) mass is 289 g/mol. The van der Waals surface area contributed by atoms with Gasteiger partial charge < -0.3 is 10.6 Å². The van der Waals surface area contributed by atoms with Gasteiger partial charge in [0.2, 0.25) is 5.91 Å². The molecule has 20 heavy (non-hydrogen) atoms. The molecule has 1 aromatic heterocycles. The Morgan fingerprint density at radius 1 is 1.25 bits per heavy atom. The average Bonchev–Trinajstić information content (AvgIpc) is 2.45. The molecule has 0 bridgehead atoms. The number of benzene rings is 1. The van der Waals surface area contributed by atoms with Crippen LogP contribution in [0.4, 0.5) is 5.69 Å². The van der Waals surface area contributed by atoms with Crippen LogP contribution in [0.15, 0.2) is 48.8 Å². The van der Waals surface area contributed by atoms with Crippen LogP contribution < -0.4 is 10.6 Å². The smallest absolute Gasteiger partial charge is 0.225 e. The van der Waals surface area contributed by atoms with Crippen molar-refractivity contribution in [2.45, 2.75) is 13.0 Å². The number of pyridine rings is 1. The first-order chi connectivity index (χ1) is 9.74. The molecule has 2 N–H and O–H groups in total. The van der Waals surface area contributed by atoms with Gasteiger partial charge >= 0.3 is 0 Å². The largest absolute Gasteiger partial charge is 0.326 e. The number of nitrogens with zero attached hydrogens (tertiary/aromatic N) is 1. The van der Waals surface area contributed by atoms with E-state index in [0.29, 0.717) is 24.5 Å². The molecule has 2 rings (SSSR count). The van der Waals surface area contributed by atoms with Crippen molar-refractivity contribution >= 4 is 23.2 Å². The number of hydrogen-bond donors (Lipinski definition) is 2. The van der Waals surface area contributed by atoms with E-state index in [-0.39, 0.29) is 5.91 Å². The summed E-state index contributed by atoms with van der Waals surface area (Å²) in [5.41, 5.74) is 1.82. The van der Waals surface area contributed by atoms with Gasteiger partial charge in [0, 0.05) is 42.6 Å². The number of carbonyl (C=O) groups excluding carboxylic acids is 1. The second-order valence-electron chi connectivity index (χ2n) is 4.35. The number of carbonyl (C=O) groups is 1. The summed E-state index contributed by atoms with van der Waals surface area (Å²) in [6, 6.07) is 11.0. The maximum absolute atomic E-state index is 11.7.